The number of nitrogens with one attached hydrogen (secondary N) is 1. The normalized spacial score (nSPS) is 12.8. The van der Waals surface area contributed by atoms with E-state index in [-0.39, 0.29) is 6.04 Å². The van der Waals surface area contributed by atoms with Gasteiger partial charge in [-0.2, -0.15) is 5.10 Å². The van der Waals surface area contributed by atoms with Crippen LogP contribution in [0.15, 0.2) is 36.5 Å². The summed E-state index contributed by atoms with van der Waals surface area (Å²) >= 11 is 6.38. The molecule has 0 aliphatic heterocycles. The number of rotatable bonds is 7. The maximum absolute atomic E-state index is 6.38. The Hall–Kier alpha value is -1.32. The Bertz CT molecular complexity index is 548. The number of nitrogens with zero attached hydrogens (tertiary/aromatic N) is 2. The lowest BCUT2D eigenvalue weighted by Crippen LogP contribution is -2.25. The minimum Gasteiger partial charge on any atom is -0.309 e. The van der Waals surface area contributed by atoms with Crippen molar-refractivity contribution >= 4 is 11.6 Å². The summed E-state index contributed by atoms with van der Waals surface area (Å²) in [7, 11) is 0. The fourth-order valence-electron chi connectivity index (χ4n) is 2.63. The van der Waals surface area contributed by atoms with Crippen molar-refractivity contribution in [3.05, 3.63) is 52.8 Å². The number of aryl methyl sites for hydroxylation is 1. The van der Waals surface area contributed by atoms with Crippen molar-refractivity contribution in [2.24, 2.45) is 0 Å². The Kier molecular flexibility index (Phi) is 5.83. The van der Waals surface area contributed by atoms with Gasteiger partial charge in [-0.25, -0.2) is 0 Å². The van der Waals surface area contributed by atoms with Gasteiger partial charge in [-0.3, -0.25) is 4.68 Å². The van der Waals surface area contributed by atoms with Gasteiger partial charge in [-0.1, -0.05) is 48.9 Å². The fourth-order valence-corrected chi connectivity index (χ4v) is 2.89. The molecule has 0 fully saturated rings. The summed E-state index contributed by atoms with van der Waals surface area (Å²) in [6, 6.07) is 11.1. The molecule has 0 bridgehead atoms. The molecule has 114 valence electrons. The molecule has 2 aromatic rings. The smallest absolute Gasteiger partial charge is 0.0834 e. The average Bonchev–Trinajstić information content (AvgIpc) is 2.86. The molecule has 2 rings (SSSR count). The van der Waals surface area contributed by atoms with Gasteiger partial charge in [0.15, 0.2) is 0 Å². The Balaban J connectivity index is 2.17. The Morgan fingerprint density at radius 1 is 1.24 bits per heavy atom. The van der Waals surface area contributed by atoms with Gasteiger partial charge in [0.1, 0.15) is 0 Å². The number of benzene rings is 1. The van der Waals surface area contributed by atoms with E-state index in [1.54, 1.807) is 6.20 Å². The van der Waals surface area contributed by atoms with Gasteiger partial charge < -0.3 is 5.32 Å². The lowest BCUT2D eigenvalue weighted by atomic mass is 10.0. The SMILES string of the molecule is CCNC(CCc1ccccc1)c1c(Cl)cnn1C(C)C. The molecular weight excluding hydrogens is 282 g/mol. The maximum Gasteiger partial charge on any atom is 0.0834 e. The molecule has 1 atom stereocenters. The van der Waals surface area contributed by atoms with Gasteiger partial charge in [0, 0.05) is 6.04 Å². The third-order valence-electron chi connectivity index (χ3n) is 3.62. The summed E-state index contributed by atoms with van der Waals surface area (Å²) in [4.78, 5) is 0. The molecule has 0 aliphatic carbocycles. The molecule has 21 heavy (non-hydrogen) atoms. The summed E-state index contributed by atoms with van der Waals surface area (Å²) in [5, 5.41) is 8.72. The predicted octanol–water partition coefficient (Wildman–Crippen LogP) is 4.40. The molecule has 0 spiro atoms. The van der Waals surface area contributed by atoms with E-state index in [9.17, 15) is 0 Å². The van der Waals surface area contributed by atoms with Crippen LogP contribution in [-0.2, 0) is 6.42 Å². The van der Waals surface area contributed by atoms with E-state index in [1.807, 2.05) is 4.68 Å². The first-order chi connectivity index (χ1) is 10.1. The molecule has 3 nitrogen and oxygen atoms in total. The minimum absolute atomic E-state index is 0.229. The van der Waals surface area contributed by atoms with Crippen LogP contribution in [0.4, 0.5) is 0 Å². The molecule has 0 aliphatic rings. The number of hydrogen-bond donors (Lipinski definition) is 1. The molecule has 0 saturated carbocycles. The lowest BCUT2D eigenvalue weighted by molar-refractivity contribution is 0.434. The Morgan fingerprint density at radius 2 is 1.95 bits per heavy atom. The van der Waals surface area contributed by atoms with Crippen LogP contribution in [0.2, 0.25) is 5.02 Å². The van der Waals surface area contributed by atoms with Gasteiger partial charge in [-0.15, -0.1) is 0 Å². The third kappa shape index (κ3) is 4.08. The summed E-state index contributed by atoms with van der Waals surface area (Å²) in [6.45, 7) is 7.30. The highest BCUT2D eigenvalue weighted by molar-refractivity contribution is 6.31. The van der Waals surface area contributed by atoms with Crippen LogP contribution in [0, 0.1) is 0 Å². The van der Waals surface area contributed by atoms with Crippen molar-refractivity contribution < 1.29 is 0 Å². The van der Waals surface area contributed by atoms with Gasteiger partial charge in [-0.05, 0) is 38.8 Å². The molecule has 1 aromatic heterocycles. The molecule has 1 unspecified atom stereocenters. The van der Waals surface area contributed by atoms with Crippen LogP contribution in [0.3, 0.4) is 0 Å². The first kappa shape index (κ1) is 16.1. The monoisotopic (exact) mass is 305 g/mol. The summed E-state index contributed by atoms with van der Waals surface area (Å²) in [5.74, 6) is 0. The summed E-state index contributed by atoms with van der Waals surface area (Å²) < 4.78 is 2.03. The van der Waals surface area contributed by atoms with Crippen molar-refractivity contribution in [3.63, 3.8) is 0 Å². The number of aromatic nitrogens is 2. The quantitative estimate of drug-likeness (QED) is 0.821. The van der Waals surface area contributed by atoms with E-state index in [0.29, 0.717) is 6.04 Å². The first-order valence-electron chi connectivity index (χ1n) is 7.63. The zero-order valence-electron chi connectivity index (χ0n) is 13.0. The van der Waals surface area contributed by atoms with Crippen LogP contribution >= 0.6 is 11.6 Å². The molecule has 0 radical (unpaired) electrons. The van der Waals surface area contributed by atoms with Gasteiger partial charge >= 0.3 is 0 Å². The number of hydrogen-bond acceptors (Lipinski definition) is 2. The van der Waals surface area contributed by atoms with Crippen molar-refractivity contribution in [2.45, 2.75) is 45.7 Å². The second-order valence-corrected chi connectivity index (χ2v) is 5.96. The van der Waals surface area contributed by atoms with Crippen LogP contribution < -0.4 is 5.32 Å². The third-order valence-corrected chi connectivity index (χ3v) is 3.91. The van der Waals surface area contributed by atoms with Gasteiger partial charge in [0.05, 0.1) is 23.0 Å². The van der Waals surface area contributed by atoms with Gasteiger partial charge in [0.2, 0.25) is 0 Å². The van der Waals surface area contributed by atoms with E-state index in [1.165, 1.54) is 5.56 Å². The Labute approximate surface area is 132 Å². The standard InChI is InChI=1S/C17H24ClN3/c1-4-19-16(11-10-14-8-6-5-7-9-14)17-15(18)12-20-21(17)13(2)3/h5-9,12-13,16,19H,4,10-11H2,1-3H3. The first-order valence-corrected chi connectivity index (χ1v) is 8.01. The zero-order chi connectivity index (χ0) is 15.2. The molecule has 1 aromatic carbocycles. The van der Waals surface area contributed by atoms with Crippen molar-refractivity contribution in [1.82, 2.24) is 15.1 Å². The second kappa shape index (κ2) is 7.62. The van der Waals surface area contributed by atoms with E-state index < -0.39 is 0 Å². The molecular formula is C17H24ClN3. The molecule has 1 N–H and O–H groups in total. The molecule has 4 heteroatoms. The highest BCUT2D eigenvalue weighted by Crippen LogP contribution is 2.28. The second-order valence-electron chi connectivity index (χ2n) is 5.55. The largest absolute Gasteiger partial charge is 0.309 e. The summed E-state index contributed by atoms with van der Waals surface area (Å²) in [6.07, 6.45) is 3.79. The Morgan fingerprint density at radius 3 is 2.57 bits per heavy atom. The van der Waals surface area contributed by atoms with Crippen LogP contribution in [0.25, 0.3) is 0 Å². The highest BCUT2D eigenvalue weighted by Gasteiger charge is 2.20. The van der Waals surface area contributed by atoms with E-state index in [2.05, 4.69) is 61.5 Å². The summed E-state index contributed by atoms with van der Waals surface area (Å²) in [5.41, 5.74) is 2.46. The molecule has 1 heterocycles. The molecule has 0 amide bonds. The van der Waals surface area contributed by atoms with Crippen molar-refractivity contribution in [1.29, 1.82) is 0 Å². The lowest BCUT2D eigenvalue weighted by Gasteiger charge is -2.22. The van der Waals surface area contributed by atoms with Crippen molar-refractivity contribution in [2.75, 3.05) is 6.54 Å². The average molecular weight is 306 g/mol. The van der Waals surface area contributed by atoms with E-state index in [0.717, 1.165) is 30.1 Å². The van der Waals surface area contributed by atoms with E-state index >= 15 is 0 Å². The zero-order valence-corrected chi connectivity index (χ0v) is 13.8. The van der Waals surface area contributed by atoms with Crippen LogP contribution in [0.1, 0.15) is 50.5 Å². The topological polar surface area (TPSA) is 29.9 Å². The van der Waals surface area contributed by atoms with Crippen LogP contribution in [0.5, 0.6) is 0 Å². The van der Waals surface area contributed by atoms with Crippen molar-refractivity contribution in [3.8, 4) is 0 Å². The maximum atomic E-state index is 6.38. The highest BCUT2D eigenvalue weighted by atomic mass is 35.5. The fraction of sp³-hybridized carbons (Fsp3) is 0.471. The minimum atomic E-state index is 0.229. The molecule has 0 saturated heterocycles. The predicted molar refractivity (Wildman–Crippen MR) is 88.8 cm³/mol. The van der Waals surface area contributed by atoms with E-state index in [4.69, 9.17) is 11.6 Å². The van der Waals surface area contributed by atoms with Crippen LogP contribution in [-0.4, -0.2) is 16.3 Å². The number of halogens is 1. The van der Waals surface area contributed by atoms with Gasteiger partial charge in [0.25, 0.3) is 0 Å².